The Kier molecular flexibility index (Phi) is 4.61. The molecule has 142 valence electrons. The van der Waals surface area contributed by atoms with Gasteiger partial charge in [-0.3, -0.25) is 4.79 Å². The molecule has 28 heavy (non-hydrogen) atoms. The van der Waals surface area contributed by atoms with Crippen molar-refractivity contribution in [3.63, 3.8) is 0 Å². The van der Waals surface area contributed by atoms with Gasteiger partial charge in [0.25, 0.3) is 5.56 Å². The third-order valence-electron chi connectivity index (χ3n) is 5.10. The van der Waals surface area contributed by atoms with Crippen LogP contribution in [0.4, 0.5) is 0 Å². The maximum absolute atomic E-state index is 12.9. The number of fused-ring (bicyclic) bond motifs is 1. The first kappa shape index (κ1) is 18.2. The molecule has 1 N–H and O–H groups in total. The molecule has 1 atom stereocenters. The van der Waals surface area contributed by atoms with Gasteiger partial charge in [-0.15, -0.1) is 0 Å². The van der Waals surface area contributed by atoms with Crippen molar-refractivity contribution in [1.29, 1.82) is 0 Å². The number of aryl methyl sites for hydroxylation is 3. The monoisotopic (exact) mass is 373 g/mol. The molecule has 4 rings (SSSR count). The maximum atomic E-state index is 12.9. The molecule has 0 aliphatic heterocycles. The predicted molar refractivity (Wildman–Crippen MR) is 111 cm³/mol. The SMILES string of the molecule is Cc1ccc([C@H](O)Cn2ccn3nc(-c4cc(C)ccc4C)cc3c2=O)cc1. The van der Waals surface area contributed by atoms with Gasteiger partial charge in [0.1, 0.15) is 5.52 Å². The molecule has 0 saturated heterocycles. The lowest BCUT2D eigenvalue weighted by Gasteiger charge is -2.13. The Morgan fingerprint density at radius 2 is 1.68 bits per heavy atom. The zero-order chi connectivity index (χ0) is 19.8. The molecule has 0 unspecified atom stereocenters. The summed E-state index contributed by atoms with van der Waals surface area (Å²) in [5.41, 5.74) is 6.31. The summed E-state index contributed by atoms with van der Waals surface area (Å²) in [6.07, 6.45) is 2.68. The molecule has 4 aromatic rings. The largest absolute Gasteiger partial charge is 0.387 e. The number of aliphatic hydroxyl groups is 1. The van der Waals surface area contributed by atoms with Crippen molar-refractivity contribution < 1.29 is 5.11 Å². The highest BCUT2D eigenvalue weighted by atomic mass is 16.3. The highest BCUT2D eigenvalue weighted by Crippen LogP contribution is 2.24. The number of aromatic nitrogens is 3. The minimum atomic E-state index is -0.748. The quantitative estimate of drug-likeness (QED) is 0.592. The number of aliphatic hydroxyl groups excluding tert-OH is 1. The third-order valence-corrected chi connectivity index (χ3v) is 5.10. The minimum absolute atomic E-state index is 0.169. The summed E-state index contributed by atoms with van der Waals surface area (Å²) in [7, 11) is 0. The molecule has 2 aromatic carbocycles. The maximum Gasteiger partial charge on any atom is 0.276 e. The van der Waals surface area contributed by atoms with E-state index in [1.807, 2.05) is 51.1 Å². The van der Waals surface area contributed by atoms with Gasteiger partial charge in [-0.2, -0.15) is 5.10 Å². The average Bonchev–Trinajstić information content (AvgIpc) is 3.11. The van der Waals surface area contributed by atoms with E-state index in [1.165, 1.54) is 4.57 Å². The lowest BCUT2D eigenvalue weighted by molar-refractivity contribution is 0.155. The van der Waals surface area contributed by atoms with Gasteiger partial charge < -0.3 is 9.67 Å². The topological polar surface area (TPSA) is 59.5 Å². The van der Waals surface area contributed by atoms with E-state index >= 15 is 0 Å². The molecule has 0 saturated carbocycles. The molecular weight excluding hydrogens is 350 g/mol. The summed E-state index contributed by atoms with van der Waals surface area (Å²) >= 11 is 0. The first-order valence-electron chi connectivity index (χ1n) is 9.33. The van der Waals surface area contributed by atoms with Gasteiger partial charge in [0.05, 0.1) is 18.3 Å². The summed E-state index contributed by atoms with van der Waals surface area (Å²) < 4.78 is 3.14. The van der Waals surface area contributed by atoms with Crippen molar-refractivity contribution in [2.45, 2.75) is 33.4 Å². The normalized spacial score (nSPS) is 12.4. The van der Waals surface area contributed by atoms with Crippen molar-refractivity contribution in [2.24, 2.45) is 0 Å². The lowest BCUT2D eigenvalue weighted by atomic mass is 10.0. The van der Waals surface area contributed by atoms with Crippen LogP contribution in [0.3, 0.4) is 0 Å². The van der Waals surface area contributed by atoms with Crippen molar-refractivity contribution in [2.75, 3.05) is 0 Å². The summed E-state index contributed by atoms with van der Waals surface area (Å²) in [4.78, 5) is 12.9. The Morgan fingerprint density at radius 1 is 0.964 bits per heavy atom. The Morgan fingerprint density at radius 3 is 2.43 bits per heavy atom. The van der Waals surface area contributed by atoms with Crippen molar-refractivity contribution >= 4 is 5.52 Å². The molecule has 2 heterocycles. The molecule has 0 radical (unpaired) electrons. The summed E-state index contributed by atoms with van der Waals surface area (Å²) in [6.45, 7) is 6.28. The number of rotatable bonds is 4. The summed E-state index contributed by atoms with van der Waals surface area (Å²) in [6, 6.07) is 15.7. The van der Waals surface area contributed by atoms with E-state index in [1.54, 1.807) is 16.9 Å². The Hall–Kier alpha value is -3.18. The highest BCUT2D eigenvalue weighted by Gasteiger charge is 2.14. The van der Waals surface area contributed by atoms with E-state index in [-0.39, 0.29) is 12.1 Å². The van der Waals surface area contributed by atoms with E-state index in [0.717, 1.165) is 33.5 Å². The molecule has 0 fully saturated rings. The lowest BCUT2D eigenvalue weighted by Crippen LogP contribution is -2.24. The number of hydrogen-bond donors (Lipinski definition) is 1. The Labute approximate surface area is 163 Å². The highest BCUT2D eigenvalue weighted by molar-refractivity contribution is 5.69. The van der Waals surface area contributed by atoms with Crippen molar-refractivity contribution in [1.82, 2.24) is 14.2 Å². The second kappa shape index (κ2) is 7.09. The minimum Gasteiger partial charge on any atom is -0.387 e. The van der Waals surface area contributed by atoms with Gasteiger partial charge in [0.2, 0.25) is 0 Å². The van der Waals surface area contributed by atoms with Crippen molar-refractivity contribution in [3.05, 3.63) is 93.5 Å². The van der Waals surface area contributed by atoms with Crippen LogP contribution in [0.25, 0.3) is 16.8 Å². The van der Waals surface area contributed by atoms with E-state index in [4.69, 9.17) is 0 Å². The van der Waals surface area contributed by atoms with E-state index in [9.17, 15) is 9.90 Å². The van der Waals surface area contributed by atoms with Gasteiger partial charge in [-0.25, -0.2) is 4.52 Å². The van der Waals surface area contributed by atoms with Crippen LogP contribution in [0.1, 0.15) is 28.4 Å². The van der Waals surface area contributed by atoms with Crippen LogP contribution < -0.4 is 5.56 Å². The third kappa shape index (κ3) is 3.37. The smallest absolute Gasteiger partial charge is 0.276 e. The first-order chi connectivity index (χ1) is 13.4. The molecule has 0 aliphatic rings. The standard InChI is InChI=1S/C23H23N3O2/c1-15-5-8-18(9-6-15)22(27)14-25-10-11-26-21(23(25)28)13-20(24-26)19-12-16(2)4-7-17(19)3/h4-13,22,27H,14H2,1-3H3/t22-/m1/s1. The van der Waals surface area contributed by atoms with Crippen LogP contribution in [-0.4, -0.2) is 19.3 Å². The van der Waals surface area contributed by atoms with Gasteiger partial charge >= 0.3 is 0 Å². The molecule has 5 heteroatoms. The predicted octanol–water partition coefficient (Wildman–Crippen LogP) is 3.82. The molecule has 0 spiro atoms. The fraction of sp³-hybridized carbons (Fsp3) is 0.217. The second-order valence-electron chi connectivity index (χ2n) is 7.36. The number of benzene rings is 2. The van der Waals surface area contributed by atoms with Gasteiger partial charge in [-0.05, 0) is 44.0 Å². The average molecular weight is 373 g/mol. The van der Waals surface area contributed by atoms with E-state index < -0.39 is 6.10 Å². The van der Waals surface area contributed by atoms with Gasteiger partial charge in [0.15, 0.2) is 0 Å². The fourth-order valence-corrected chi connectivity index (χ4v) is 3.39. The van der Waals surface area contributed by atoms with Crippen molar-refractivity contribution in [3.8, 4) is 11.3 Å². The zero-order valence-corrected chi connectivity index (χ0v) is 16.3. The van der Waals surface area contributed by atoms with Gasteiger partial charge in [-0.1, -0.05) is 47.5 Å². The van der Waals surface area contributed by atoms with Crippen LogP contribution in [0.5, 0.6) is 0 Å². The molecule has 2 aromatic heterocycles. The zero-order valence-electron chi connectivity index (χ0n) is 16.3. The molecule has 0 aliphatic carbocycles. The van der Waals surface area contributed by atoms with E-state index in [2.05, 4.69) is 23.3 Å². The second-order valence-corrected chi connectivity index (χ2v) is 7.36. The Bertz CT molecular complexity index is 1200. The first-order valence-corrected chi connectivity index (χ1v) is 9.33. The number of nitrogens with zero attached hydrogens (tertiary/aromatic N) is 3. The molecule has 0 bridgehead atoms. The van der Waals surface area contributed by atoms with E-state index in [0.29, 0.717) is 5.52 Å². The molecule has 0 amide bonds. The van der Waals surface area contributed by atoms with Crippen LogP contribution in [0.2, 0.25) is 0 Å². The van der Waals surface area contributed by atoms with Gasteiger partial charge in [0, 0.05) is 18.0 Å². The molecule has 5 nitrogen and oxygen atoms in total. The summed E-state index contributed by atoms with van der Waals surface area (Å²) in [5, 5.41) is 15.1. The molecular formula is C23H23N3O2. The number of hydrogen-bond acceptors (Lipinski definition) is 3. The van der Waals surface area contributed by atoms with Crippen LogP contribution in [-0.2, 0) is 6.54 Å². The fourth-order valence-electron chi connectivity index (χ4n) is 3.39. The Balaban J connectivity index is 1.70. The van der Waals surface area contributed by atoms with Crippen LogP contribution in [0.15, 0.2) is 65.7 Å². The summed E-state index contributed by atoms with van der Waals surface area (Å²) in [5.74, 6) is 0. The van der Waals surface area contributed by atoms with Crippen LogP contribution in [0, 0.1) is 20.8 Å². The van der Waals surface area contributed by atoms with Crippen LogP contribution >= 0.6 is 0 Å².